The van der Waals surface area contributed by atoms with Gasteiger partial charge in [0.2, 0.25) is 0 Å². The van der Waals surface area contributed by atoms with Gasteiger partial charge in [-0.1, -0.05) is 209 Å². The minimum atomic E-state index is -0.542. The quantitative estimate of drug-likeness (QED) is 0.0380. The van der Waals surface area contributed by atoms with Gasteiger partial charge in [0.15, 0.2) is 0 Å². The van der Waals surface area contributed by atoms with E-state index < -0.39 is 6.10 Å². The van der Waals surface area contributed by atoms with Gasteiger partial charge in [-0.25, -0.2) is 0 Å². The van der Waals surface area contributed by atoms with Crippen molar-refractivity contribution in [3.63, 3.8) is 0 Å². The number of hydrogen-bond acceptors (Lipinski definition) is 4. The van der Waals surface area contributed by atoms with Gasteiger partial charge in [0.1, 0.15) is 6.10 Å². The zero-order chi connectivity index (χ0) is 40.5. The number of aliphatic hydroxyl groups excluding tert-OH is 1. The maximum Gasteiger partial charge on any atom is 0.306 e. The molecule has 0 heterocycles. The third kappa shape index (κ3) is 46.2. The lowest BCUT2D eigenvalue weighted by molar-refractivity contribution is -0.154. The van der Waals surface area contributed by atoms with E-state index in [4.69, 9.17) is 9.47 Å². The van der Waals surface area contributed by atoms with E-state index in [1.807, 2.05) is 0 Å². The summed E-state index contributed by atoms with van der Waals surface area (Å²) in [4.78, 5) is 12.3. The highest BCUT2D eigenvalue weighted by molar-refractivity contribution is 5.69. The number of rotatable bonds is 44. The first-order valence-corrected chi connectivity index (χ1v) is 24.0. The highest BCUT2D eigenvalue weighted by Gasteiger charge is 2.13. The van der Waals surface area contributed by atoms with Crippen molar-refractivity contribution in [1.82, 2.24) is 0 Å². The second kappa shape index (κ2) is 49.0. The predicted molar refractivity (Wildman–Crippen MR) is 246 cm³/mol. The minimum Gasteiger partial charge on any atom is -0.457 e. The summed E-state index contributed by atoms with van der Waals surface area (Å²) >= 11 is 0. The van der Waals surface area contributed by atoms with Crippen molar-refractivity contribution in [2.45, 2.75) is 232 Å². The number of allylic oxidation sites excluding steroid dienone is 12. The van der Waals surface area contributed by atoms with Crippen LogP contribution in [0.1, 0.15) is 226 Å². The first-order chi connectivity index (χ1) is 27.7. The Morgan fingerprint density at radius 2 is 0.804 bits per heavy atom. The zero-order valence-corrected chi connectivity index (χ0v) is 37.1. The van der Waals surface area contributed by atoms with E-state index in [1.54, 1.807) is 0 Å². The Morgan fingerprint density at radius 1 is 0.446 bits per heavy atom. The summed E-state index contributed by atoms with van der Waals surface area (Å²) in [5, 5.41) is 9.64. The van der Waals surface area contributed by atoms with Gasteiger partial charge < -0.3 is 14.6 Å². The summed E-state index contributed by atoms with van der Waals surface area (Å²) in [6.45, 7) is 5.22. The molecule has 56 heavy (non-hydrogen) atoms. The fourth-order valence-electron chi connectivity index (χ4n) is 6.70. The highest BCUT2D eigenvalue weighted by atomic mass is 16.6. The van der Waals surface area contributed by atoms with Crippen molar-refractivity contribution < 1.29 is 19.4 Å². The molecule has 1 N–H and O–H groups in total. The standard InChI is InChI=1S/C52H92O4/c1-3-5-7-9-11-13-15-17-19-21-23-24-25-26-27-28-29-31-33-35-37-39-41-43-45-47-52(54)56-51(49-53)50-55-48-46-44-42-40-38-36-34-32-30-22-20-18-16-14-12-10-8-6-4-2/h5,7,11,13-14,16-17,19-20,22-24,51,53H,3-4,6,8-10,12,15,18,21,25-50H2,1-2H3/b7-5-,13-11-,16-14-,19-17-,22-20-,24-23-. The molecule has 324 valence electrons. The SMILES string of the molecule is CC/C=C\C/C=C\C/C=C\C/C=C\CCCCCCCCCCCCCCC(=O)OC(CO)COCCCCCCCCCC/C=C\C/C=C\CCCCCC. The average Bonchev–Trinajstić information content (AvgIpc) is 3.20. The molecule has 0 aliphatic carbocycles. The molecule has 0 amide bonds. The van der Waals surface area contributed by atoms with Gasteiger partial charge in [-0.05, 0) is 83.5 Å². The number of hydrogen-bond donors (Lipinski definition) is 1. The lowest BCUT2D eigenvalue weighted by Crippen LogP contribution is -2.27. The number of unbranched alkanes of at least 4 members (excludes halogenated alkanes) is 24. The van der Waals surface area contributed by atoms with Gasteiger partial charge in [0, 0.05) is 13.0 Å². The second-order valence-corrected chi connectivity index (χ2v) is 15.8. The molecule has 0 saturated carbocycles. The van der Waals surface area contributed by atoms with Gasteiger partial charge in [-0.3, -0.25) is 4.79 Å². The monoisotopic (exact) mass is 781 g/mol. The Labute approximate surface area is 348 Å². The molecule has 0 aliphatic rings. The molecule has 0 aliphatic heterocycles. The van der Waals surface area contributed by atoms with E-state index in [-0.39, 0.29) is 19.2 Å². The third-order valence-electron chi connectivity index (χ3n) is 10.3. The van der Waals surface area contributed by atoms with Crippen molar-refractivity contribution in [2.75, 3.05) is 19.8 Å². The normalized spacial score (nSPS) is 13.0. The average molecular weight is 781 g/mol. The third-order valence-corrected chi connectivity index (χ3v) is 10.3. The van der Waals surface area contributed by atoms with E-state index in [0.717, 1.165) is 51.4 Å². The first-order valence-electron chi connectivity index (χ1n) is 24.0. The van der Waals surface area contributed by atoms with Gasteiger partial charge in [0.05, 0.1) is 13.2 Å². The molecule has 4 heteroatoms. The molecule has 4 nitrogen and oxygen atoms in total. The second-order valence-electron chi connectivity index (χ2n) is 15.8. The fraction of sp³-hybridized carbons (Fsp3) is 0.750. The van der Waals surface area contributed by atoms with Crippen LogP contribution in [-0.2, 0) is 14.3 Å². The Bertz CT molecular complexity index is 958. The van der Waals surface area contributed by atoms with E-state index in [2.05, 4.69) is 86.8 Å². The number of ether oxygens (including phenoxy) is 2. The molecule has 0 aromatic heterocycles. The molecule has 0 fully saturated rings. The van der Waals surface area contributed by atoms with Gasteiger partial charge in [-0.15, -0.1) is 0 Å². The molecule has 0 aromatic rings. The summed E-state index contributed by atoms with van der Waals surface area (Å²) in [7, 11) is 0. The molecule has 0 rings (SSSR count). The van der Waals surface area contributed by atoms with Crippen molar-refractivity contribution in [3.05, 3.63) is 72.9 Å². The molecule has 0 spiro atoms. The van der Waals surface area contributed by atoms with E-state index in [9.17, 15) is 9.90 Å². The lowest BCUT2D eigenvalue weighted by Gasteiger charge is -2.16. The molecule has 0 saturated heterocycles. The molecular formula is C52H92O4. The lowest BCUT2D eigenvalue weighted by atomic mass is 10.0. The van der Waals surface area contributed by atoms with Gasteiger partial charge >= 0.3 is 5.97 Å². The Morgan fingerprint density at radius 3 is 1.21 bits per heavy atom. The van der Waals surface area contributed by atoms with Crippen LogP contribution in [0.25, 0.3) is 0 Å². The van der Waals surface area contributed by atoms with Crippen molar-refractivity contribution >= 4 is 5.97 Å². The van der Waals surface area contributed by atoms with Crippen LogP contribution >= 0.6 is 0 Å². The van der Waals surface area contributed by atoms with Crippen LogP contribution in [0.5, 0.6) is 0 Å². The summed E-state index contributed by atoms with van der Waals surface area (Å²) in [6, 6.07) is 0. The number of carbonyl (C=O) groups excluding carboxylic acids is 1. The number of esters is 1. The van der Waals surface area contributed by atoms with Crippen LogP contribution in [0.2, 0.25) is 0 Å². The summed E-state index contributed by atoms with van der Waals surface area (Å²) < 4.78 is 11.2. The summed E-state index contributed by atoms with van der Waals surface area (Å²) in [5.41, 5.74) is 0. The van der Waals surface area contributed by atoms with Crippen molar-refractivity contribution in [3.8, 4) is 0 Å². The Balaban J connectivity index is 3.44. The molecule has 0 radical (unpaired) electrons. The van der Waals surface area contributed by atoms with Gasteiger partial charge in [-0.2, -0.15) is 0 Å². The molecule has 0 aromatic carbocycles. The smallest absolute Gasteiger partial charge is 0.306 e. The van der Waals surface area contributed by atoms with Crippen molar-refractivity contribution in [2.24, 2.45) is 0 Å². The van der Waals surface area contributed by atoms with Crippen LogP contribution < -0.4 is 0 Å². The van der Waals surface area contributed by atoms with Gasteiger partial charge in [0.25, 0.3) is 0 Å². The fourth-order valence-corrected chi connectivity index (χ4v) is 6.70. The molecule has 1 atom stereocenters. The largest absolute Gasteiger partial charge is 0.457 e. The predicted octanol–water partition coefficient (Wildman–Crippen LogP) is 16.2. The molecule has 0 bridgehead atoms. The number of carbonyl (C=O) groups is 1. The van der Waals surface area contributed by atoms with Crippen LogP contribution in [0.4, 0.5) is 0 Å². The van der Waals surface area contributed by atoms with Crippen molar-refractivity contribution in [1.29, 1.82) is 0 Å². The number of aliphatic hydroxyl groups is 1. The van der Waals surface area contributed by atoms with E-state index in [1.165, 1.54) is 154 Å². The van der Waals surface area contributed by atoms with Crippen LogP contribution in [0.3, 0.4) is 0 Å². The molecular weight excluding hydrogens is 689 g/mol. The Hall–Kier alpha value is -2.17. The highest BCUT2D eigenvalue weighted by Crippen LogP contribution is 2.14. The van der Waals surface area contributed by atoms with Crippen LogP contribution in [-0.4, -0.2) is 37.0 Å². The van der Waals surface area contributed by atoms with E-state index in [0.29, 0.717) is 13.0 Å². The van der Waals surface area contributed by atoms with E-state index >= 15 is 0 Å². The molecule has 1 unspecified atom stereocenters. The topological polar surface area (TPSA) is 55.8 Å². The minimum absolute atomic E-state index is 0.177. The Kier molecular flexibility index (Phi) is 47.1. The van der Waals surface area contributed by atoms with Crippen LogP contribution in [0.15, 0.2) is 72.9 Å². The zero-order valence-electron chi connectivity index (χ0n) is 37.1. The maximum absolute atomic E-state index is 12.3. The maximum atomic E-state index is 12.3. The summed E-state index contributed by atoms with van der Waals surface area (Å²) in [6.07, 6.45) is 66.9. The van der Waals surface area contributed by atoms with Crippen LogP contribution in [0, 0.1) is 0 Å². The summed E-state index contributed by atoms with van der Waals surface area (Å²) in [5.74, 6) is -0.206. The first kappa shape index (κ1) is 53.8.